The standard InChI is InChI=1S/C11H15N5S2/c1-4-12-9-13-10(16(2)3)15-11(14-9)18-8-6-5-7-17-8/h5-7H,4H2,1-3H3,(H,12,13,14,15). The Labute approximate surface area is 115 Å². The number of hydrogen-bond acceptors (Lipinski definition) is 7. The highest BCUT2D eigenvalue weighted by Crippen LogP contribution is 2.29. The van der Waals surface area contributed by atoms with Crippen LogP contribution in [0, 0.1) is 0 Å². The van der Waals surface area contributed by atoms with E-state index in [-0.39, 0.29) is 0 Å². The first-order valence-corrected chi connectivity index (χ1v) is 7.27. The van der Waals surface area contributed by atoms with Gasteiger partial charge in [0.05, 0.1) is 4.21 Å². The summed E-state index contributed by atoms with van der Waals surface area (Å²) < 4.78 is 1.17. The van der Waals surface area contributed by atoms with Crippen molar-refractivity contribution >= 4 is 35.0 Å². The number of thiophene rings is 1. The molecule has 1 N–H and O–H groups in total. The smallest absolute Gasteiger partial charge is 0.230 e. The van der Waals surface area contributed by atoms with E-state index < -0.39 is 0 Å². The van der Waals surface area contributed by atoms with E-state index in [2.05, 4.69) is 26.3 Å². The molecule has 2 heterocycles. The normalized spacial score (nSPS) is 10.4. The summed E-state index contributed by atoms with van der Waals surface area (Å²) in [7, 11) is 3.84. The molecule has 18 heavy (non-hydrogen) atoms. The molecule has 0 aromatic carbocycles. The second-order valence-electron chi connectivity index (χ2n) is 3.70. The zero-order chi connectivity index (χ0) is 13.0. The van der Waals surface area contributed by atoms with Gasteiger partial charge in [0.15, 0.2) is 5.16 Å². The predicted molar refractivity (Wildman–Crippen MR) is 76.8 cm³/mol. The number of rotatable bonds is 5. The molecule has 2 rings (SSSR count). The third-order valence-corrected chi connectivity index (χ3v) is 3.93. The summed E-state index contributed by atoms with van der Waals surface area (Å²) >= 11 is 3.24. The van der Waals surface area contributed by atoms with Gasteiger partial charge in [0, 0.05) is 20.6 Å². The predicted octanol–water partition coefficient (Wildman–Crippen LogP) is 2.58. The fraction of sp³-hybridized carbons (Fsp3) is 0.364. The van der Waals surface area contributed by atoms with Crippen molar-refractivity contribution in [3.05, 3.63) is 17.5 Å². The van der Waals surface area contributed by atoms with Crippen molar-refractivity contribution in [2.45, 2.75) is 16.3 Å². The fourth-order valence-electron chi connectivity index (χ4n) is 1.24. The maximum Gasteiger partial charge on any atom is 0.230 e. The van der Waals surface area contributed by atoms with E-state index in [1.54, 1.807) is 23.1 Å². The summed E-state index contributed by atoms with van der Waals surface area (Å²) in [5.41, 5.74) is 0. The highest BCUT2D eigenvalue weighted by atomic mass is 32.2. The molecular formula is C11H15N5S2. The van der Waals surface area contributed by atoms with Gasteiger partial charge in [0.1, 0.15) is 0 Å². The SMILES string of the molecule is CCNc1nc(Sc2cccs2)nc(N(C)C)n1. The average molecular weight is 281 g/mol. The minimum absolute atomic E-state index is 0.621. The van der Waals surface area contributed by atoms with E-state index in [0.717, 1.165) is 6.54 Å². The monoisotopic (exact) mass is 281 g/mol. The molecular weight excluding hydrogens is 266 g/mol. The topological polar surface area (TPSA) is 53.9 Å². The van der Waals surface area contributed by atoms with E-state index in [1.807, 2.05) is 37.4 Å². The van der Waals surface area contributed by atoms with Crippen LogP contribution in [0.1, 0.15) is 6.92 Å². The zero-order valence-electron chi connectivity index (χ0n) is 10.5. The molecule has 0 radical (unpaired) electrons. The summed E-state index contributed by atoms with van der Waals surface area (Å²) in [5, 5.41) is 5.88. The lowest BCUT2D eigenvalue weighted by Crippen LogP contribution is -2.15. The van der Waals surface area contributed by atoms with Crippen LogP contribution in [0.2, 0.25) is 0 Å². The second kappa shape index (κ2) is 6.01. The largest absolute Gasteiger partial charge is 0.354 e. The number of aromatic nitrogens is 3. The lowest BCUT2D eigenvalue weighted by Gasteiger charge is -2.12. The van der Waals surface area contributed by atoms with Crippen molar-refractivity contribution in [2.75, 3.05) is 30.9 Å². The van der Waals surface area contributed by atoms with Crippen LogP contribution in [0.4, 0.5) is 11.9 Å². The number of hydrogen-bond donors (Lipinski definition) is 1. The molecule has 0 fully saturated rings. The molecule has 0 aliphatic heterocycles. The number of nitrogens with zero attached hydrogens (tertiary/aromatic N) is 4. The van der Waals surface area contributed by atoms with Crippen LogP contribution in [-0.4, -0.2) is 35.6 Å². The molecule has 7 heteroatoms. The summed E-state index contributed by atoms with van der Waals surface area (Å²) in [5.74, 6) is 1.29. The van der Waals surface area contributed by atoms with E-state index in [1.165, 1.54) is 4.21 Å². The fourth-order valence-corrected chi connectivity index (χ4v) is 2.86. The maximum absolute atomic E-state index is 4.42. The lowest BCUT2D eigenvalue weighted by molar-refractivity contribution is 0.864. The molecule has 0 atom stereocenters. The van der Waals surface area contributed by atoms with E-state index in [4.69, 9.17) is 0 Å². The number of nitrogens with one attached hydrogen (secondary N) is 1. The summed E-state index contributed by atoms with van der Waals surface area (Å²) in [6.45, 7) is 2.81. The zero-order valence-corrected chi connectivity index (χ0v) is 12.2. The molecule has 2 aromatic heterocycles. The van der Waals surface area contributed by atoms with Crippen molar-refractivity contribution in [3.8, 4) is 0 Å². The molecule has 0 saturated carbocycles. The van der Waals surface area contributed by atoms with E-state index >= 15 is 0 Å². The van der Waals surface area contributed by atoms with Gasteiger partial charge in [-0.1, -0.05) is 6.07 Å². The Morgan fingerprint density at radius 1 is 1.33 bits per heavy atom. The van der Waals surface area contributed by atoms with Gasteiger partial charge in [-0.15, -0.1) is 11.3 Å². The highest BCUT2D eigenvalue weighted by Gasteiger charge is 2.09. The molecule has 0 aliphatic carbocycles. The average Bonchev–Trinajstić information content (AvgIpc) is 2.82. The summed E-state index contributed by atoms with van der Waals surface area (Å²) in [6.07, 6.45) is 0. The molecule has 0 saturated heterocycles. The van der Waals surface area contributed by atoms with Gasteiger partial charge < -0.3 is 10.2 Å². The van der Waals surface area contributed by atoms with Gasteiger partial charge in [0.25, 0.3) is 0 Å². The molecule has 96 valence electrons. The van der Waals surface area contributed by atoms with Crippen LogP contribution in [-0.2, 0) is 0 Å². The Morgan fingerprint density at radius 3 is 2.78 bits per heavy atom. The molecule has 0 spiro atoms. The third-order valence-electron chi connectivity index (χ3n) is 2.02. The Kier molecular flexibility index (Phi) is 4.38. The summed E-state index contributed by atoms with van der Waals surface area (Å²) in [4.78, 5) is 15.0. The third kappa shape index (κ3) is 3.33. The van der Waals surface area contributed by atoms with Gasteiger partial charge in [-0.2, -0.15) is 15.0 Å². The lowest BCUT2D eigenvalue weighted by atomic mass is 10.7. The van der Waals surface area contributed by atoms with E-state index in [0.29, 0.717) is 17.1 Å². The van der Waals surface area contributed by atoms with Crippen LogP contribution < -0.4 is 10.2 Å². The first kappa shape index (κ1) is 13.1. The quantitative estimate of drug-likeness (QED) is 0.909. The first-order valence-electron chi connectivity index (χ1n) is 5.57. The van der Waals surface area contributed by atoms with Gasteiger partial charge in [-0.3, -0.25) is 0 Å². The van der Waals surface area contributed by atoms with Gasteiger partial charge >= 0.3 is 0 Å². The van der Waals surface area contributed by atoms with Crippen molar-refractivity contribution in [1.29, 1.82) is 0 Å². The van der Waals surface area contributed by atoms with E-state index in [9.17, 15) is 0 Å². The molecule has 5 nitrogen and oxygen atoms in total. The molecule has 0 unspecified atom stereocenters. The van der Waals surface area contributed by atoms with Crippen molar-refractivity contribution in [2.24, 2.45) is 0 Å². The van der Waals surface area contributed by atoms with Crippen molar-refractivity contribution in [3.63, 3.8) is 0 Å². The minimum Gasteiger partial charge on any atom is -0.354 e. The summed E-state index contributed by atoms with van der Waals surface area (Å²) in [6, 6.07) is 4.08. The molecule has 0 bridgehead atoms. The highest BCUT2D eigenvalue weighted by molar-refractivity contribution is 8.01. The van der Waals surface area contributed by atoms with Gasteiger partial charge in [-0.05, 0) is 30.1 Å². The number of anilines is 2. The minimum atomic E-state index is 0.621. The molecule has 2 aromatic rings. The van der Waals surface area contributed by atoms with Crippen LogP contribution >= 0.6 is 23.1 Å². The molecule has 0 aliphatic rings. The van der Waals surface area contributed by atoms with Crippen LogP contribution in [0.15, 0.2) is 26.9 Å². The van der Waals surface area contributed by atoms with Gasteiger partial charge in [0.2, 0.25) is 11.9 Å². The second-order valence-corrected chi connectivity index (χ2v) is 5.92. The molecule has 0 amide bonds. The van der Waals surface area contributed by atoms with Crippen molar-refractivity contribution in [1.82, 2.24) is 15.0 Å². The Hall–Kier alpha value is -1.34. The maximum atomic E-state index is 4.42. The Balaban J connectivity index is 2.27. The van der Waals surface area contributed by atoms with Crippen molar-refractivity contribution < 1.29 is 0 Å². The van der Waals surface area contributed by atoms with Crippen LogP contribution in [0.3, 0.4) is 0 Å². The Bertz CT molecular complexity index is 498. The first-order chi connectivity index (χ1) is 8.69. The van der Waals surface area contributed by atoms with Gasteiger partial charge in [-0.25, -0.2) is 0 Å². The van der Waals surface area contributed by atoms with Crippen LogP contribution in [0.5, 0.6) is 0 Å². The van der Waals surface area contributed by atoms with Crippen LogP contribution in [0.25, 0.3) is 0 Å². The Morgan fingerprint density at radius 2 is 2.17 bits per heavy atom.